The first-order chi connectivity index (χ1) is 21.9. The predicted octanol–water partition coefficient (Wildman–Crippen LogP) is 6.37. The summed E-state index contributed by atoms with van der Waals surface area (Å²) >= 11 is 0. The van der Waals surface area contributed by atoms with Crippen molar-refractivity contribution in [2.24, 2.45) is 5.92 Å². The van der Waals surface area contributed by atoms with Gasteiger partial charge < -0.3 is 19.1 Å². The summed E-state index contributed by atoms with van der Waals surface area (Å²) < 4.78 is 45.1. The van der Waals surface area contributed by atoms with Crippen LogP contribution in [0.3, 0.4) is 0 Å². The number of aliphatic hydroxyl groups is 1. The fraction of sp³-hybridized carbons (Fsp3) is 0.200. The molecule has 4 unspecified atom stereocenters. The average Bonchev–Trinajstić information content (AvgIpc) is 3.48. The van der Waals surface area contributed by atoms with Crippen LogP contribution in [0.25, 0.3) is 21.9 Å². The number of para-hydroxylation sites is 3. The Labute approximate surface area is 261 Å². The second kappa shape index (κ2) is 12.1. The van der Waals surface area contributed by atoms with Gasteiger partial charge in [0, 0.05) is 28.8 Å². The van der Waals surface area contributed by atoms with Crippen molar-refractivity contribution in [3.63, 3.8) is 0 Å². The van der Waals surface area contributed by atoms with E-state index in [-0.39, 0.29) is 29.6 Å². The lowest BCUT2D eigenvalue weighted by molar-refractivity contribution is -0.276. The molecule has 45 heavy (non-hydrogen) atoms. The summed E-state index contributed by atoms with van der Waals surface area (Å²) in [6.45, 7) is 2.61. The van der Waals surface area contributed by atoms with Gasteiger partial charge in [0.1, 0.15) is 4.90 Å². The van der Waals surface area contributed by atoms with Crippen molar-refractivity contribution in [1.82, 2.24) is 14.5 Å². The minimum absolute atomic E-state index is 0.0389. The van der Waals surface area contributed by atoms with E-state index in [1.165, 1.54) is 0 Å². The van der Waals surface area contributed by atoms with Crippen LogP contribution in [0, 0.1) is 5.92 Å². The van der Waals surface area contributed by atoms with E-state index in [4.69, 9.17) is 9.47 Å². The number of sulfonamides is 1. The highest BCUT2D eigenvalue weighted by Gasteiger charge is 2.39. The number of pyridine rings is 1. The first kappa shape index (κ1) is 29.1. The molecule has 0 radical (unpaired) electrons. The van der Waals surface area contributed by atoms with Gasteiger partial charge in [-0.1, -0.05) is 73.7 Å². The zero-order chi connectivity index (χ0) is 31.0. The Balaban J connectivity index is 1.20. The highest BCUT2D eigenvalue weighted by Crippen LogP contribution is 2.42. The van der Waals surface area contributed by atoms with Crippen molar-refractivity contribution in [3.05, 3.63) is 132 Å². The van der Waals surface area contributed by atoms with Gasteiger partial charge in [0.05, 0.1) is 48.2 Å². The second-order valence-electron chi connectivity index (χ2n) is 11.3. The minimum atomic E-state index is -3.95. The summed E-state index contributed by atoms with van der Waals surface area (Å²) in [5, 5.41) is 10.3. The molecule has 0 amide bonds. The van der Waals surface area contributed by atoms with Crippen LogP contribution in [0.2, 0.25) is 0 Å². The lowest BCUT2D eigenvalue weighted by Gasteiger charge is -2.41. The molecule has 0 spiro atoms. The first-order valence-electron chi connectivity index (χ1n) is 14.8. The van der Waals surface area contributed by atoms with Gasteiger partial charge in [-0.3, -0.25) is 9.71 Å². The Bertz CT molecular complexity index is 2070. The zero-order valence-corrected chi connectivity index (χ0v) is 25.3. The van der Waals surface area contributed by atoms with Crippen molar-refractivity contribution in [2.45, 2.75) is 43.5 Å². The van der Waals surface area contributed by atoms with E-state index in [0.717, 1.165) is 27.5 Å². The fourth-order valence-corrected chi connectivity index (χ4v) is 7.16. The third-order valence-electron chi connectivity index (χ3n) is 8.32. The summed E-state index contributed by atoms with van der Waals surface area (Å²) in [5.41, 5.74) is 5.17. The van der Waals surface area contributed by atoms with Crippen molar-refractivity contribution < 1.29 is 23.0 Å². The number of fused-ring (bicyclic) bond motifs is 2. The fourth-order valence-electron chi connectivity index (χ4n) is 5.93. The van der Waals surface area contributed by atoms with Crippen molar-refractivity contribution in [2.75, 3.05) is 4.72 Å². The number of nitrogens with one attached hydrogen (secondary N) is 1. The van der Waals surface area contributed by atoms with Crippen LogP contribution in [0.15, 0.2) is 121 Å². The van der Waals surface area contributed by atoms with Crippen LogP contribution in [-0.2, 0) is 32.6 Å². The Morgan fingerprint density at radius 1 is 0.867 bits per heavy atom. The lowest BCUT2D eigenvalue weighted by atomic mass is 9.90. The number of imidazole rings is 1. The molecule has 228 valence electrons. The molecule has 1 aliphatic rings. The van der Waals surface area contributed by atoms with E-state index in [1.54, 1.807) is 42.6 Å². The topological polar surface area (TPSA) is 116 Å². The highest BCUT2D eigenvalue weighted by atomic mass is 32.2. The normalized spacial score (nSPS) is 20.4. The van der Waals surface area contributed by atoms with E-state index in [9.17, 15) is 13.5 Å². The van der Waals surface area contributed by atoms with Gasteiger partial charge >= 0.3 is 0 Å². The lowest BCUT2D eigenvalue weighted by Crippen LogP contribution is -2.39. The van der Waals surface area contributed by atoms with Gasteiger partial charge in [0.2, 0.25) is 0 Å². The average molecular weight is 621 g/mol. The SMILES string of the molecule is CC1C(Cn2cnc3ccccc32)OC(c2cccc(NS(=O)(=O)c3cccc4cccnc34)c2)OC1c1ccc(CO)cc1. The minimum Gasteiger partial charge on any atom is -0.392 e. The molecule has 3 heterocycles. The van der Waals surface area contributed by atoms with Gasteiger partial charge in [-0.15, -0.1) is 0 Å². The van der Waals surface area contributed by atoms with Crippen molar-refractivity contribution in [3.8, 4) is 0 Å². The smallest absolute Gasteiger partial charge is 0.264 e. The Morgan fingerprint density at radius 2 is 1.67 bits per heavy atom. The quantitative estimate of drug-likeness (QED) is 0.203. The number of hydrogen-bond donors (Lipinski definition) is 2. The number of aromatic nitrogens is 3. The molecule has 2 aromatic heterocycles. The maximum Gasteiger partial charge on any atom is 0.264 e. The molecule has 1 aliphatic heterocycles. The highest BCUT2D eigenvalue weighted by molar-refractivity contribution is 7.93. The van der Waals surface area contributed by atoms with E-state index < -0.39 is 16.3 Å². The number of anilines is 1. The molecule has 0 aliphatic carbocycles. The number of aliphatic hydroxyl groups excluding tert-OH is 1. The molecular formula is C35H32N4O5S. The number of benzene rings is 4. The van der Waals surface area contributed by atoms with Crippen LogP contribution >= 0.6 is 0 Å². The Kier molecular flexibility index (Phi) is 7.80. The number of rotatable bonds is 8. The molecule has 0 bridgehead atoms. The second-order valence-corrected chi connectivity index (χ2v) is 12.9. The van der Waals surface area contributed by atoms with Crippen LogP contribution < -0.4 is 4.72 Å². The van der Waals surface area contributed by atoms with E-state index in [1.807, 2.05) is 73.1 Å². The third kappa shape index (κ3) is 5.81. The van der Waals surface area contributed by atoms with Gasteiger partial charge in [0.25, 0.3) is 10.0 Å². The molecule has 2 N–H and O–H groups in total. The standard InChI is InChI=1S/C35H32N4O5S/c1-23-31(20-39-22-37-29-11-2-3-12-30(29)39)43-35(44-34(23)26-16-14-24(21-40)15-17-26)27-8-4-10-28(19-27)38-45(41,42)32-13-5-7-25-9-6-18-36-33(25)32/h2-19,22-23,31,34-35,38,40H,20-21H2,1H3. The molecule has 6 aromatic rings. The molecular weight excluding hydrogens is 588 g/mol. The van der Waals surface area contributed by atoms with Crippen LogP contribution in [0.4, 0.5) is 5.69 Å². The Hall–Kier alpha value is -4.61. The number of ether oxygens (including phenoxy) is 2. The van der Waals surface area contributed by atoms with Gasteiger partial charge in [0.15, 0.2) is 6.29 Å². The largest absolute Gasteiger partial charge is 0.392 e. The first-order valence-corrected chi connectivity index (χ1v) is 16.2. The molecule has 7 rings (SSSR count). The van der Waals surface area contributed by atoms with Gasteiger partial charge in [-0.25, -0.2) is 13.4 Å². The Morgan fingerprint density at radius 3 is 2.51 bits per heavy atom. The van der Waals surface area contributed by atoms with E-state index in [2.05, 4.69) is 26.2 Å². The summed E-state index contributed by atoms with van der Waals surface area (Å²) in [5.74, 6) is -0.0389. The molecule has 1 fully saturated rings. The maximum atomic E-state index is 13.5. The molecule has 9 nitrogen and oxygen atoms in total. The molecule has 4 aromatic carbocycles. The van der Waals surface area contributed by atoms with E-state index in [0.29, 0.717) is 23.3 Å². The van der Waals surface area contributed by atoms with Gasteiger partial charge in [-0.05, 0) is 47.5 Å². The number of hydrogen-bond acceptors (Lipinski definition) is 7. The summed E-state index contributed by atoms with van der Waals surface area (Å²) in [7, 11) is -3.95. The number of nitrogens with zero attached hydrogens (tertiary/aromatic N) is 3. The molecule has 4 atom stereocenters. The van der Waals surface area contributed by atoms with E-state index >= 15 is 0 Å². The summed E-state index contributed by atoms with van der Waals surface area (Å²) in [6, 6.07) is 31.5. The third-order valence-corrected chi connectivity index (χ3v) is 9.74. The molecule has 1 saturated heterocycles. The molecule has 10 heteroatoms. The van der Waals surface area contributed by atoms with Crippen molar-refractivity contribution >= 4 is 37.6 Å². The summed E-state index contributed by atoms with van der Waals surface area (Å²) in [4.78, 5) is 8.97. The maximum absolute atomic E-state index is 13.5. The van der Waals surface area contributed by atoms with Crippen LogP contribution in [0.5, 0.6) is 0 Å². The predicted molar refractivity (Wildman–Crippen MR) is 172 cm³/mol. The monoisotopic (exact) mass is 620 g/mol. The van der Waals surface area contributed by atoms with Crippen LogP contribution in [0.1, 0.15) is 36.0 Å². The van der Waals surface area contributed by atoms with Crippen LogP contribution in [-0.4, -0.2) is 34.2 Å². The zero-order valence-electron chi connectivity index (χ0n) is 24.5. The molecule has 0 saturated carbocycles. The van der Waals surface area contributed by atoms with Gasteiger partial charge in [-0.2, -0.15) is 0 Å². The van der Waals surface area contributed by atoms with Crippen molar-refractivity contribution in [1.29, 1.82) is 0 Å². The summed E-state index contributed by atoms with van der Waals surface area (Å²) in [6.07, 6.45) is 2.06.